The van der Waals surface area contributed by atoms with Gasteiger partial charge in [-0.2, -0.15) is 4.98 Å². The van der Waals surface area contributed by atoms with E-state index < -0.39 is 0 Å². The van der Waals surface area contributed by atoms with Crippen molar-refractivity contribution in [2.24, 2.45) is 0 Å². The molecule has 0 atom stereocenters. The second-order valence-electron chi connectivity index (χ2n) is 2.83. The van der Waals surface area contributed by atoms with Crippen molar-refractivity contribution in [3.8, 4) is 0 Å². The highest BCUT2D eigenvalue weighted by Crippen LogP contribution is 2.30. The molecule has 0 bridgehead atoms. The highest BCUT2D eigenvalue weighted by Gasteiger charge is 2.04. The van der Waals surface area contributed by atoms with Gasteiger partial charge in [0.1, 0.15) is 0 Å². The number of hydrogen-bond acceptors (Lipinski definition) is 5. The zero-order valence-corrected chi connectivity index (χ0v) is 9.26. The first-order valence-electron chi connectivity index (χ1n) is 4.19. The highest BCUT2D eigenvalue weighted by molar-refractivity contribution is 7.98. The maximum atomic E-state index is 6.00. The van der Waals surface area contributed by atoms with E-state index in [-0.39, 0.29) is 0 Å². The van der Waals surface area contributed by atoms with Crippen LogP contribution in [0.5, 0.6) is 0 Å². The lowest BCUT2D eigenvalue weighted by atomic mass is 10.3. The van der Waals surface area contributed by atoms with E-state index in [9.17, 15) is 0 Å². The van der Waals surface area contributed by atoms with Gasteiger partial charge in [-0.3, -0.25) is 0 Å². The fraction of sp³-hybridized carbons (Fsp3) is 0.111. The number of rotatable bonds is 3. The van der Waals surface area contributed by atoms with Gasteiger partial charge in [-0.1, -0.05) is 16.8 Å². The molecule has 0 aliphatic rings. The van der Waals surface area contributed by atoms with Crippen LogP contribution in [0.3, 0.4) is 0 Å². The van der Waals surface area contributed by atoms with Crippen molar-refractivity contribution in [3.63, 3.8) is 0 Å². The molecule has 4 nitrogen and oxygen atoms in total. The minimum atomic E-state index is 0.611. The van der Waals surface area contributed by atoms with Crippen LogP contribution < -0.4 is 5.73 Å². The van der Waals surface area contributed by atoms with E-state index in [1.165, 1.54) is 18.2 Å². The number of nitrogens with two attached hydrogens (primary N) is 1. The van der Waals surface area contributed by atoms with Crippen LogP contribution in [0.25, 0.3) is 0 Å². The van der Waals surface area contributed by atoms with Gasteiger partial charge < -0.3 is 10.3 Å². The molecule has 0 unspecified atom stereocenters. The fourth-order valence-corrected chi connectivity index (χ4v) is 2.15. The van der Waals surface area contributed by atoms with Gasteiger partial charge in [0.15, 0.2) is 5.82 Å². The summed E-state index contributed by atoms with van der Waals surface area (Å²) in [4.78, 5) is 4.83. The maximum absolute atomic E-state index is 6.00. The number of nitrogens with zero attached hydrogens (tertiary/aromatic N) is 2. The second-order valence-corrected chi connectivity index (χ2v) is 4.25. The first kappa shape index (κ1) is 10.3. The SMILES string of the molecule is Nc1ccc(Cl)c(SCc2ncon2)c1. The van der Waals surface area contributed by atoms with Gasteiger partial charge in [0.25, 0.3) is 0 Å². The Hall–Kier alpha value is -1.20. The first-order chi connectivity index (χ1) is 7.25. The Bertz CT molecular complexity index is 447. The number of thioether (sulfide) groups is 1. The molecule has 0 fully saturated rings. The number of benzene rings is 1. The van der Waals surface area contributed by atoms with Crippen molar-refractivity contribution in [2.45, 2.75) is 10.6 Å². The molecular formula is C9H8ClN3OS. The molecule has 0 aliphatic heterocycles. The molecule has 1 heterocycles. The molecule has 1 aromatic carbocycles. The lowest BCUT2D eigenvalue weighted by Crippen LogP contribution is -1.87. The molecule has 0 saturated heterocycles. The molecular weight excluding hydrogens is 234 g/mol. The monoisotopic (exact) mass is 241 g/mol. The van der Waals surface area contributed by atoms with Crippen LogP contribution in [0.4, 0.5) is 5.69 Å². The molecule has 0 radical (unpaired) electrons. The molecule has 2 aromatic rings. The third-order valence-corrected chi connectivity index (χ3v) is 3.21. The molecule has 0 spiro atoms. The molecule has 78 valence electrons. The molecule has 2 N–H and O–H groups in total. The van der Waals surface area contributed by atoms with Crippen molar-refractivity contribution >= 4 is 29.1 Å². The number of anilines is 1. The third-order valence-electron chi connectivity index (χ3n) is 1.72. The summed E-state index contributed by atoms with van der Waals surface area (Å²) in [6.07, 6.45) is 1.30. The van der Waals surface area contributed by atoms with Crippen molar-refractivity contribution in [1.82, 2.24) is 10.1 Å². The van der Waals surface area contributed by atoms with E-state index in [0.29, 0.717) is 22.3 Å². The summed E-state index contributed by atoms with van der Waals surface area (Å²) in [5, 5.41) is 4.38. The standard InChI is InChI=1S/C9H8ClN3OS/c10-7-2-1-6(11)3-8(7)15-4-9-12-5-14-13-9/h1-3,5H,4,11H2. The summed E-state index contributed by atoms with van der Waals surface area (Å²) in [7, 11) is 0. The fourth-order valence-electron chi connectivity index (χ4n) is 1.03. The smallest absolute Gasteiger partial charge is 0.213 e. The van der Waals surface area contributed by atoms with Gasteiger partial charge in [-0.15, -0.1) is 11.8 Å². The highest BCUT2D eigenvalue weighted by atomic mass is 35.5. The Kier molecular flexibility index (Phi) is 3.13. The molecule has 0 aliphatic carbocycles. The van der Waals surface area contributed by atoms with Crippen LogP contribution in [0.1, 0.15) is 5.82 Å². The van der Waals surface area contributed by atoms with Crippen LogP contribution in [0.15, 0.2) is 34.0 Å². The zero-order chi connectivity index (χ0) is 10.7. The summed E-state index contributed by atoms with van der Waals surface area (Å²) < 4.78 is 4.62. The summed E-state index contributed by atoms with van der Waals surface area (Å²) in [5.41, 5.74) is 6.34. The number of halogens is 1. The van der Waals surface area contributed by atoms with E-state index >= 15 is 0 Å². The number of nitrogen functional groups attached to an aromatic ring is 1. The largest absolute Gasteiger partial charge is 0.399 e. The number of hydrogen-bond donors (Lipinski definition) is 1. The molecule has 0 saturated carbocycles. The van der Waals surface area contributed by atoms with Crippen LogP contribution >= 0.6 is 23.4 Å². The Labute approximate surface area is 95.8 Å². The van der Waals surface area contributed by atoms with Crippen molar-refractivity contribution in [3.05, 3.63) is 35.4 Å². The molecule has 6 heteroatoms. The normalized spacial score (nSPS) is 10.5. The second kappa shape index (κ2) is 4.55. The molecule has 0 amide bonds. The summed E-state index contributed by atoms with van der Waals surface area (Å²) >= 11 is 7.52. The number of aromatic nitrogens is 2. The van der Waals surface area contributed by atoms with Crippen molar-refractivity contribution in [1.29, 1.82) is 0 Å². The predicted octanol–water partition coefficient (Wildman–Crippen LogP) is 2.60. The minimum absolute atomic E-state index is 0.611. The van der Waals surface area contributed by atoms with Crippen LogP contribution in [0.2, 0.25) is 5.02 Å². The summed E-state index contributed by atoms with van der Waals surface area (Å²) in [6.45, 7) is 0. The topological polar surface area (TPSA) is 64.9 Å². The van der Waals surface area contributed by atoms with Gasteiger partial charge in [0.05, 0.1) is 10.8 Å². The lowest BCUT2D eigenvalue weighted by Gasteiger charge is -2.02. The average Bonchev–Trinajstić information content (AvgIpc) is 2.72. The zero-order valence-electron chi connectivity index (χ0n) is 7.68. The molecule has 15 heavy (non-hydrogen) atoms. The first-order valence-corrected chi connectivity index (χ1v) is 5.55. The van der Waals surface area contributed by atoms with E-state index in [4.69, 9.17) is 17.3 Å². The summed E-state index contributed by atoms with van der Waals surface area (Å²) in [5.74, 6) is 1.25. The van der Waals surface area contributed by atoms with Gasteiger partial charge >= 0.3 is 0 Å². The molecule has 2 rings (SSSR count). The predicted molar refractivity (Wildman–Crippen MR) is 59.7 cm³/mol. The van der Waals surface area contributed by atoms with E-state index in [2.05, 4.69) is 14.7 Å². The van der Waals surface area contributed by atoms with Crippen LogP contribution in [-0.4, -0.2) is 10.1 Å². The van der Waals surface area contributed by atoms with E-state index in [1.54, 1.807) is 12.1 Å². The van der Waals surface area contributed by atoms with Gasteiger partial charge in [0, 0.05) is 10.6 Å². The van der Waals surface area contributed by atoms with Gasteiger partial charge in [0.2, 0.25) is 6.39 Å². The Morgan fingerprint density at radius 2 is 2.33 bits per heavy atom. The lowest BCUT2D eigenvalue weighted by molar-refractivity contribution is 0.412. The Morgan fingerprint density at radius 3 is 3.07 bits per heavy atom. The van der Waals surface area contributed by atoms with Crippen LogP contribution in [-0.2, 0) is 5.75 Å². The van der Waals surface area contributed by atoms with Crippen molar-refractivity contribution < 1.29 is 4.52 Å². The summed E-state index contributed by atoms with van der Waals surface area (Å²) in [6, 6.07) is 5.36. The minimum Gasteiger partial charge on any atom is -0.399 e. The van der Waals surface area contributed by atoms with E-state index in [1.807, 2.05) is 6.07 Å². The molecule has 1 aromatic heterocycles. The quantitative estimate of drug-likeness (QED) is 0.661. The average molecular weight is 242 g/mol. The third kappa shape index (κ3) is 2.64. The van der Waals surface area contributed by atoms with Crippen LogP contribution in [0, 0.1) is 0 Å². The van der Waals surface area contributed by atoms with Gasteiger partial charge in [-0.25, -0.2) is 0 Å². The maximum Gasteiger partial charge on any atom is 0.213 e. The Balaban J connectivity index is 2.07. The Morgan fingerprint density at radius 1 is 1.47 bits per heavy atom. The van der Waals surface area contributed by atoms with Crippen molar-refractivity contribution in [2.75, 3.05) is 5.73 Å². The van der Waals surface area contributed by atoms with E-state index in [0.717, 1.165) is 4.90 Å². The van der Waals surface area contributed by atoms with Gasteiger partial charge in [-0.05, 0) is 18.2 Å².